The quantitative estimate of drug-likeness (QED) is 0.667. The number of fused-ring (bicyclic) bond motifs is 1. The van der Waals surface area contributed by atoms with Crippen LogP contribution in [0.25, 0.3) is 17.0 Å². The maximum atomic E-state index is 13.1. The molecule has 0 saturated carbocycles. The van der Waals surface area contributed by atoms with Crippen LogP contribution < -0.4 is 5.73 Å². The number of nitrogens with two attached hydrogens (primary N) is 1. The fourth-order valence-corrected chi connectivity index (χ4v) is 1.87. The zero-order chi connectivity index (χ0) is 12.7. The molecule has 0 fully saturated rings. The Morgan fingerprint density at radius 1 is 1.17 bits per heavy atom. The van der Waals surface area contributed by atoms with Gasteiger partial charge in [-0.15, -0.1) is 10.2 Å². The highest BCUT2D eigenvalue weighted by molar-refractivity contribution is 5.64. The SMILES string of the molecule is Cc1ccn2c(-c3ccc(F)c(N)c3)nnc2c1. The molecule has 0 unspecified atom stereocenters. The first-order chi connectivity index (χ1) is 8.65. The maximum absolute atomic E-state index is 13.1. The highest BCUT2D eigenvalue weighted by Crippen LogP contribution is 2.22. The van der Waals surface area contributed by atoms with Gasteiger partial charge in [-0.05, 0) is 42.8 Å². The van der Waals surface area contributed by atoms with E-state index in [-0.39, 0.29) is 5.69 Å². The molecular weight excluding hydrogens is 231 g/mol. The first-order valence-corrected chi connectivity index (χ1v) is 5.52. The van der Waals surface area contributed by atoms with E-state index in [1.54, 1.807) is 12.1 Å². The zero-order valence-electron chi connectivity index (χ0n) is 9.76. The van der Waals surface area contributed by atoms with Gasteiger partial charge in [-0.2, -0.15) is 0 Å². The standard InChI is InChI=1S/C13H11FN4/c1-8-4-5-18-12(6-8)16-17-13(18)9-2-3-10(14)11(15)7-9/h2-7H,15H2,1H3. The highest BCUT2D eigenvalue weighted by Gasteiger charge is 2.09. The van der Waals surface area contributed by atoms with Crippen molar-refractivity contribution in [2.24, 2.45) is 0 Å². The Kier molecular flexibility index (Phi) is 2.26. The van der Waals surface area contributed by atoms with Crippen LogP contribution in [-0.4, -0.2) is 14.6 Å². The van der Waals surface area contributed by atoms with Crippen molar-refractivity contribution in [2.45, 2.75) is 6.92 Å². The summed E-state index contributed by atoms with van der Waals surface area (Å²) in [6.45, 7) is 1.99. The van der Waals surface area contributed by atoms with Crippen LogP contribution in [-0.2, 0) is 0 Å². The van der Waals surface area contributed by atoms with Gasteiger partial charge in [0.15, 0.2) is 11.5 Å². The van der Waals surface area contributed by atoms with Gasteiger partial charge in [0.2, 0.25) is 0 Å². The lowest BCUT2D eigenvalue weighted by molar-refractivity contribution is 0.632. The van der Waals surface area contributed by atoms with E-state index in [1.807, 2.05) is 29.7 Å². The van der Waals surface area contributed by atoms with Gasteiger partial charge in [0.05, 0.1) is 5.69 Å². The number of hydrogen-bond donors (Lipinski definition) is 1. The minimum absolute atomic E-state index is 0.108. The van der Waals surface area contributed by atoms with Gasteiger partial charge >= 0.3 is 0 Å². The molecule has 0 amide bonds. The summed E-state index contributed by atoms with van der Waals surface area (Å²) in [6, 6.07) is 8.43. The number of pyridine rings is 1. The topological polar surface area (TPSA) is 56.2 Å². The van der Waals surface area contributed by atoms with E-state index in [4.69, 9.17) is 5.73 Å². The van der Waals surface area contributed by atoms with Crippen molar-refractivity contribution in [3.63, 3.8) is 0 Å². The van der Waals surface area contributed by atoms with E-state index >= 15 is 0 Å². The van der Waals surface area contributed by atoms with Crippen LogP contribution in [0, 0.1) is 12.7 Å². The number of hydrogen-bond acceptors (Lipinski definition) is 3. The summed E-state index contributed by atoms with van der Waals surface area (Å²) in [4.78, 5) is 0. The summed E-state index contributed by atoms with van der Waals surface area (Å²) in [5.74, 6) is 0.222. The van der Waals surface area contributed by atoms with Gasteiger partial charge in [0.25, 0.3) is 0 Å². The molecule has 3 aromatic rings. The van der Waals surface area contributed by atoms with Gasteiger partial charge in [-0.3, -0.25) is 4.40 Å². The molecule has 0 aliphatic carbocycles. The number of nitrogens with zero attached hydrogens (tertiary/aromatic N) is 3. The van der Waals surface area contributed by atoms with Crippen molar-refractivity contribution in [3.05, 3.63) is 47.9 Å². The van der Waals surface area contributed by atoms with Crippen molar-refractivity contribution in [1.29, 1.82) is 0 Å². The largest absolute Gasteiger partial charge is 0.396 e. The minimum atomic E-state index is -0.427. The first kappa shape index (κ1) is 10.7. The van der Waals surface area contributed by atoms with E-state index in [0.29, 0.717) is 5.82 Å². The lowest BCUT2D eigenvalue weighted by Gasteiger charge is -2.02. The van der Waals surface area contributed by atoms with E-state index < -0.39 is 5.82 Å². The summed E-state index contributed by atoms with van der Waals surface area (Å²) in [7, 11) is 0. The molecule has 3 rings (SSSR count). The first-order valence-electron chi connectivity index (χ1n) is 5.52. The maximum Gasteiger partial charge on any atom is 0.168 e. The smallest absolute Gasteiger partial charge is 0.168 e. The second-order valence-electron chi connectivity index (χ2n) is 4.19. The predicted octanol–water partition coefficient (Wildman–Crippen LogP) is 2.43. The molecular formula is C13H11FN4. The summed E-state index contributed by atoms with van der Waals surface area (Å²) in [6.07, 6.45) is 1.89. The molecule has 5 heteroatoms. The molecule has 0 saturated heterocycles. The molecule has 4 nitrogen and oxygen atoms in total. The summed E-state index contributed by atoms with van der Waals surface area (Å²) in [5.41, 5.74) is 8.28. The number of halogens is 1. The molecule has 0 spiro atoms. The molecule has 0 radical (unpaired) electrons. The lowest BCUT2D eigenvalue weighted by Crippen LogP contribution is -1.94. The summed E-state index contributed by atoms with van der Waals surface area (Å²) < 4.78 is 15.0. The third-order valence-electron chi connectivity index (χ3n) is 2.82. The van der Waals surface area contributed by atoms with Crippen LogP contribution >= 0.6 is 0 Å². The van der Waals surface area contributed by atoms with Crippen LogP contribution in [0.15, 0.2) is 36.5 Å². The van der Waals surface area contributed by atoms with E-state index in [0.717, 1.165) is 16.8 Å². The Hall–Kier alpha value is -2.43. The van der Waals surface area contributed by atoms with Crippen molar-refractivity contribution in [1.82, 2.24) is 14.6 Å². The number of aryl methyl sites for hydroxylation is 1. The number of aromatic nitrogens is 3. The molecule has 90 valence electrons. The van der Waals surface area contributed by atoms with Crippen molar-refractivity contribution >= 4 is 11.3 Å². The molecule has 2 aromatic heterocycles. The van der Waals surface area contributed by atoms with Gasteiger partial charge in [-0.1, -0.05) is 0 Å². The second kappa shape index (κ2) is 3.80. The molecule has 18 heavy (non-hydrogen) atoms. The molecule has 0 atom stereocenters. The predicted molar refractivity (Wildman–Crippen MR) is 67.5 cm³/mol. The van der Waals surface area contributed by atoms with E-state index in [9.17, 15) is 4.39 Å². The Labute approximate surface area is 103 Å². The molecule has 0 aliphatic rings. The fraction of sp³-hybridized carbons (Fsp3) is 0.0769. The van der Waals surface area contributed by atoms with Crippen molar-refractivity contribution in [3.8, 4) is 11.4 Å². The highest BCUT2D eigenvalue weighted by atomic mass is 19.1. The molecule has 1 aromatic carbocycles. The number of nitrogen functional groups attached to an aromatic ring is 1. The van der Waals surface area contributed by atoms with Gasteiger partial charge in [-0.25, -0.2) is 4.39 Å². The second-order valence-corrected chi connectivity index (χ2v) is 4.19. The average molecular weight is 242 g/mol. The van der Waals surface area contributed by atoms with Gasteiger partial charge < -0.3 is 5.73 Å². The van der Waals surface area contributed by atoms with Crippen LogP contribution in [0.2, 0.25) is 0 Å². The molecule has 0 bridgehead atoms. The van der Waals surface area contributed by atoms with Crippen LogP contribution in [0.5, 0.6) is 0 Å². The van der Waals surface area contributed by atoms with Crippen LogP contribution in [0.4, 0.5) is 10.1 Å². The summed E-state index contributed by atoms with van der Waals surface area (Å²) in [5, 5.41) is 8.20. The Balaban J connectivity index is 2.22. The van der Waals surface area contributed by atoms with E-state index in [1.165, 1.54) is 6.07 Å². The van der Waals surface area contributed by atoms with E-state index in [2.05, 4.69) is 10.2 Å². The number of anilines is 1. The fourth-order valence-electron chi connectivity index (χ4n) is 1.87. The van der Waals surface area contributed by atoms with Crippen LogP contribution in [0.1, 0.15) is 5.56 Å². The Bertz CT molecular complexity index is 733. The van der Waals surface area contributed by atoms with Gasteiger partial charge in [0.1, 0.15) is 5.82 Å². The third kappa shape index (κ3) is 1.60. The minimum Gasteiger partial charge on any atom is -0.396 e. The Morgan fingerprint density at radius 2 is 2.00 bits per heavy atom. The number of benzene rings is 1. The molecule has 0 aliphatic heterocycles. The van der Waals surface area contributed by atoms with Gasteiger partial charge in [0, 0.05) is 11.8 Å². The summed E-state index contributed by atoms with van der Waals surface area (Å²) >= 11 is 0. The Morgan fingerprint density at radius 3 is 2.78 bits per heavy atom. The third-order valence-corrected chi connectivity index (χ3v) is 2.82. The lowest BCUT2D eigenvalue weighted by atomic mass is 10.2. The van der Waals surface area contributed by atoms with Crippen molar-refractivity contribution < 1.29 is 4.39 Å². The average Bonchev–Trinajstić information content (AvgIpc) is 2.75. The van der Waals surface area contributed by atoms with Crippen molar-refractivity contribution in [2.75, 3.05) is 5.73 Å². The number of rotatable bonds is 1. The zero-order valence-corrected chi connectivity index (χ0v) is 9.76. The van der Waals surface area contributed by atoms with Crippen LogP contribution in [0.3, 0.4) is 0 Å². The molecule has 2 heterocycles. The normalized spacial score (nSPS) is 11.0. The molecule has 2 N–H and O–H groups in total. The monoisotopic (exact) mass is 242 g/mol.